The Hall–Kier alpha value is -1.02. The van der Waals surface area contributed by atoms with Crippen molar-refractivity contribution in [3.8, 4) is 0 Å². The van der Waals surface area contributed by atoms with E-state index in [1.165, 1.54) is 17.7 Å². The Labute approximate surface area is 92.3 Å². The van der Waals surface area contributed by atoms with Gasteiger partial charge in [-0.05, 0) is 31.1 Å². The molecule has 2 heteroatoms. The molecule has 0 bridgehead atoms. The molecule has 1 heterocycles. The zero-order valence-corrected chi connectivity index (χ0v) is 9.66. The van der Waals surface area contributed by atoms with Gasteiger partial charge < -0.3 is 10.2 Å². The molecule has 0 aromatic heterocycles. The second-order valence-electron chi connectivity index (χ2n) is 4.19. The van der Waals surface area contributed by atoms with Crippen LogP contribution in [0.15, 0.2) is 24.3 Å². The summed E-state index contributed by atoms with van der Waals surface area (Å²) in [4.78, 5) is 2.48. The van der Waals surface area contributed by atoms with Gasteiger partial charge in [0, 0.05) is 18.3 Å². The molecule has 1 aromatic rings. The first-order valence-corrected chi connectivity index (χ1v) is 5.90. The van der Waals surface area contributed by atoms with Crippen molar-refractivity contribution in [2.75, 3.05) is 25.0 Å². The second kappa shape index (κ2) is 4.67. The van der Waals surface area contributed by atoms with Crippen molar-refractivity contribution in [1.82, 2.24) is 4.90 Å². The third-order valence-corrected chi connectivity index (χ3v) is 3.22. The molecule has 2 nitrogen and oxygen atoms in total. The molecular formula is C13H20N2. The van der Waals surface area contributed by atoms with Crippen LogP contribution in [0.5, 0.6) is 0 Å². The van der Waals surface area contributed by atoms with E-state index in [-0.39, 0.29) is 0 Å². The highest BCUT2D eigenvalue weighted by Crippen LogP contribution is 2.25. The summed E-state index contributed by atoms with van der Waals surface area (Å²) < 4.78 is 0. The fourth-order valence-corrected chi connectivity index (χ4v) is 2.28. The lowest BCUT2D eigenvalue weighted by atomic mass is 10.1. The van der Waals surface area contributed by atoms with Crippen LogP contribution < -0.4 is 5.32 Å². The van der Waals surface area contributed by atoms with Gasteiger partial charge in [0.15, 0.2) is 0 Å². The molecule has 1 atom stereocenters. The first-order valence-electron chi connectivity index (χ1n) is 5.90. The van der Waals surface area contributed by atoms with Gasteiger partial charge in [0.2, 0.25) is 0 Å². The minimum atomic E-state index is 0.599. The Kier molecular flexibility index (Phi) is 3.27. The summed E-state index contributed by atoms with van der Waals surface area (Å²) >= 11 is 0. The van der Waals surface area contributed by atoms with Crippen molar-refractivity contribution in [2.24, 2.45) is 0 Å². The zero-order chi connectivity index (χ0) is 10.7. The molecule has 1 N–H and O–H groups in total. The topological polar surface area (TPSA) is 15.3 Å². The van der Waals surface area contributed by atoms with Crippen LogP contribution in [0.4, 0.5) is 5.69 Å². The van der Waals surface area contributed by atoms with Gasteiger partial charge in [-0.25, -0.2) is 0 Å². The van der Waals surface area contributed by atoms with E-state index in [1.54, 1.807) is 0 Å². The average molecular weight is 204 g/mol. The van der Waals surface area contributed by atoms with E-state index in [9.17, 15) is 0 Å². The van der Waals surface area contributed by atoms with Crippen LogP contribution in [0.3, 0.4) is 0 Å². The van der Waals surface area contributed by atoms with Crippen LogP contribution in [0, 0.1) is 0 Å². The fraction of sp³-hybridized carbons (Fsp3) is 0.538. The number of nitrogens with one attached hydrogen (secondary N) is 1. The molecule has 15 heavy (non-hydrogen) atoms. The molecule has 1 aliphatic rings. The highest BCUT2D eigenvalue weighted by atomic mass is 15.1. The number of hydrogen-bond acceptors (Lipinski definition) is 2. The SMILES string of the molecule is CCN(CC)CC1Cc2ccccc2N1. The number of nitrogens with zero attached hydrogens (tertiary/aromatic N) is 1. The molecule has 0 fully saturated rings. The first-order chi connectivity index (χ1) is 7.33. The molecule has 1 aromatic carbocycles. The molecule has 0 spiro atoms. The van der Waals surface area contributed by atoms with Crippen LogP contribution in [0.1, 0.15) is 19.4 Å². The predicted octanol–water partition coefficient (Wildman–Crippen LogP) is 2.37. The standard InChI is InChI=1S/C13H20N2/c1-3-15(4-2)10-12-9-11-7-5-6-8-13(11)14-12/h5-8,12,14H,3-4,9-10H2,1-2H3. The van der Waals surface area contributed by atoms with Crippen molar-refractivity contribution in [1.29, 1.82) is 0 Å². The van der Waals surface area contributed by atoms with Crippen LogP contribution >= 0.6 is 0 Å². The lowest BCUT2D eigenvalue weighted by molar-refractivity contribution is 0.291. The zero-order valence-electron chi connectivity index (χ0n) is 9.66. The molecule has 0 radical (unpaired) electrons. The van der Waals surface area contributed by atoms with E-state index in [2.05, 4.69) is 48.3 Å². The van der Waals surface area contributed by atoms with Crippen molar-refractivity contribution in [3.05, 3.63) is 29.8 Å². The Morgan fingerprint density at radius 3 is 2.67 bits per heavy atom. The summed E-state index contributed by atoms with van der Waals surface area (Å²) in [6.45, 7) is 7.90. The van der Waals surface area contributed by atoms with Crippen molar-refractivity contribution >= 4 is 5.69 Å². The third kappa shape index (κ3) is 2.32. The molecule has 0 saturated carbocycles. The molecule has 2 rings (SSSR count). The molecular weight excluding hydrogens is 184 g/mol. The highest BCUT2D eigenvalue weighted by Gasteiger charge is 2.20. The molecule has 0 saturated heterocycles. The fourth-order valence-electron chi connectivity index (χ4n) is 2.28. The van der Waals surface area contributed by atoms with Crippen LogP contribution in [-0.2, 0) is 6.42 Å². The monoisotopic (exact) mass is 204 g/mol. The summed E-state index contributed by atoms with van der Waals surface area (Å²) in [5, 5.41) is 3.59. The van der Waals surface area contributed by atoms with Crippen LogP contribution in [-0.4, -0.2) is 30.6 Å². The lowest BCUT2D eigenvalue weighted by Crippen LogP contribution is -2.35. The maximum atomic E-state index is 3.59. The van der Waals surface area contributed by atoms with Gasteiger partial charge in [0.1, 0.15) is 0 Å². The van der Waals surface area contributed by atoms with Crippen LogP contribution in [0.2, 0.25) is 0 Å². The Bertz CT molecular complexity index is 293. The first kappa shape index (κ1) is 10.5. The maximum Gasteiger partial charge on any atom is 0.0429 e. The maximum absolute atomic E-state index is 3.59. The minimum Gasteiger partial charge on any atom is -0.380 e. The molecule has 1 unspecified atom stereocenters. The number of likely N-dealkylation sites (N-methyl/N-ethyl adjacent to an activating group) is 1. The molecule has 0 amide bonds. The molecule has 82 valence electrons. The van der Waals surface area contributed by atoms with E-state index in [0.717, 1.165) is 19.6 Å². The van der Waals surface area contributed by atoms with Gasteiger partial charge in [-0.15, -0.1) is 0 Å². The van der Waals surface area contributed by atoms with Gasteiger partial charge in [-0.1, -0.05) is 32.0 Å². The van der Waals surface area contributed by atoms with E-state index < -0.39 is 0 Å². The normalized spacial score (nSPS) is 19.0. The molecule has 0 aliphatic carbocycles. The minimum absolute atomic E-state index is 0.599. The van der Waals surface area contributed by atoms with E-state index >= 15 is 0 Å². The molecule has 1 aliphatic heterocycles. The Balaban J connectivity index is 1.95. The van der Waals surface area contributed by atoms with Gasteiger partial charge in [0.25, 0.3) is 0 Å². The summed E-state index contributed by atoms with van der Waals surface area (Å²) in [5.41, 5.74) is 2.80. The Morgan fingerprint density at radius 2 is 2.00 bits per heavy atom. The summed E-state index contributed by atoms with van der Waals surface area (Å²) in [6.07, 6.45) is 1.17. The van der Waals surface area contributed by atoms with E-state index in [1.807, 2.05) is 0 Å². The summed E-state index contributed by atoms with van der Waals surface area (Å²) in [5.74, 6) is 0. The number of anilines is 1. The number of benzene rings is 1. The quantitative estimate of drug-likeness (QED) is 0.810. The van der Waals surface area contributed by atoms with Crippen molar-refractivity contribution < 1.29 is 0 Å². The van der Waals surface area contributed by atoms with Crippen molar-refractivity contribution in [3.63, 3.8) is 0 Å². The average Bonchev–Trinajstić information content (AvgIpc) is 2.68. The lowest BCUT2D eigenvalue weighted by Gasteiger charge is -2.22. The van der Waals surface area contributed by atoms with E-state index in [0.29, 0.717) is 6.04 Å². The predicted molar refractivity (Wildman–Crippen MR) is 65.3 cm³/mol. The Morgan fingerprint density at radius 1 is 1.27 bits per heavy atom. The largest absolute Gasteiger partial charge is 0.380 e. The number of fused-ring (bicyclic) bond motifs is 1. The van der Waals surface area contributed by atoms with Gasteiger partial charge in [0.05, 0.1) is 0 Å². The number of rotatable bonds is 4. The number of hydrogen-bond donors (Lipinski definition) is 1. The van der Waals surface area contributed by atoms with Crippen molar-refractivity contribution in [2.45, 2.75) is 26.3 Å². The van der Waals surface area contributed by atoms with E-state index in [4.69, 9.17) is 0 Å². The highest BCUT2D eigenvalue weighted by molar-refractivity contribution is 5.56. The van der Waals surface area contributed by atoms with Gasteiger partial charge in [-0.3, -0.25) is 0 Å². The van der Waals surface area contributed by atoms with Gasteiger partial charge >= 0.3 is 0 Å². The van der Waals surface area contributed by atoms with Gasteiger partial charge in [-0.2, -0.15) is 0 Å². The summed E-state index contributed by atoms with van der Waals surface area (Å²) in [6, 6.07) is 9.23. The smallest absolute Gasteiger partial charge is 0.0429 e. The second-order valence-corrected chi connectivity index (χ2v) is 4.19. The number of para-hydroxylation sites is 1. The van der Waals surface area contributed by atoms with Crippen LogP contribution in [0.25, 0.3) is 0 Å². The summed E-state index contributed by atoms with van der Waals surface area (Å²) in [7, 11) is 0. The third-order valence-electron chi connectivity index (χ3n) is 3.22.